The number of hydrogen-bond donors (Lipinski definition) is 0. The van der Waals surface area contributed by atoms with E-state index < -0.39 is 0 Å². The van der Waals surface area contributed by atoms with Crippen molar-refractivity contribution in [2.75, 3.05) is 317 Å². The summed E-state index contributed by atoms with van der Waals surface area (Å²) < 4.78 is 132. The summed E-state index contributed by atoms with van der Waals surface area (Å²) in [6.07, 6.45) is 2.66. The summed E-state index contributed by atoms with van der Waals surface area (Å²) in [6.45, 7) is 27.9. The van der Waals surface area contributed by atoms with Gasteiger partial charge in [0.05, 0.1) is 311 Å². The lowest BCUT2D eigenvalue weighted by atomic mass is 10.3. The van der Waals surface area contributed by atoms with Gasteiger partial charge in [0, 0.05) is 13.0 Å². The van der Waals surface area contributed by atoms with Gasteiger partial charge < -0.3 is 114 Å². The normalized spacial score (nSPS) is 11.7. The summed E-state index contributed by atoms with van der Waals surface area (Å²) in [5, 5.41) is 0. The van der Waals surface area contributed by atoms with Crippen molar-refractivity contribution in [2.45, 2.75) is 33.1 Å². The molecule has 25 heteroatoms. The third kappa shape index (κ3) is 76.7. The number of Topliss-reactive ketones (excluding diaryl/α,β-unsaturated/α-hetero) is 1. The molecule has 25 nitrogen and oxygen atoms in total. The van der Waals surface area contributed by atoms with Gasteiger partial charge >= 0.3 is 0 Å². The Morgan fingerprint density at radius 1 is 0.177 bits per heavy atom. The van der Waals surface area contributed by atoms with E-state index in [9.17, 15) is 4.79 Å². The molecule has 0 aromatic rings. The zero-order valence-corrected chi connectivity index (χ0v) is 48.8. The fourth-order valence-corrected chi connectivity index (χ4v) is 5.62. The SMILES string of the molecule is CCCCOCCOCCOCCOCCOCCOCCOCCOCCOCCOCCOCCOCCOCCOCCOCCOCCOCCOCCOCCOCCOCCOCCOCCOCCC(C)=O. The molecule has 0 aliphatic heterocycles. The van der Waals surface area contributed by atoms with Crippen LogP contribution < -0.4 is 0 Å². The molecule has 0 rings (SSSR count). The van der Waals surface area contributed by atoms with E-state index in [1.807, 2.05) is 0 Å². The Kier molecular flexibility index (Phi) is 73.5. The smallest absolute Gasteiger partial charge is 0.132 e. The van der Waals surface area contributed by atoms with E-state index in [1.54, 1.807) is 6.92 Å². The van der Waals surface area contributed by atoms with Crippen molar-refractivity contribution < 1.29 is 118 Å². The van der Waals surface area contributed by atoms with E-state index in [1.165, 1.54) is 0 Å². The Labute approximate surface area is 473 Å². The van der Waals surface area contributed by atoms with Gasteiger partial charge in [0.25, 0.3) is 0 Å². The molecule has 0 saturated carbocycles. The number of carbonyl (C=O) groups excluding carboxylic acids is 1. The minimum atomic E-state index is 0.121. The Morgan fingerprint density at radius 3 is 0.380 bits per heavy atom. The summed E-state index contributed by atoms with van der Waals surface area (Å²) in [7, 11) is 0. The predicted molar refractivity (Wildman–Crippen MR) is 290 cm³/mol. The van der Waals surface area contributed by atoms with E-state index in [0.717, 1.165) is 19.4 Å². The molecule has 0 unspecified atom stereocenters. The maximum Gasteiger partial charge on any atom is 0.132 e. The summed E-state index contributed by atoms with van der Waals surface area (Å²) in [4.78, 5) is 10.8. The number of hydrogen-bond acceptors (Lipinski definition) is 25. The summed E-state index contributed by atoms with van der Waals surface area (Å²) in [5.41, 5.74) is 0. The lowest BCUT2D eigenvalue weighted by molar-refractivity contribution is -0.118. The van der Waals surface area contributed by atoms with Gasteiger partial charge in [0.2, 0.25) is 0 Å². The van der Waals surface area contributed by atoms with E-state index in [4.69, 9.17) is 114 Å². The molecule has 0 amide bonds. The van der Waals surface area contributed by atoms with Crippen LogP contribution >= 0.6 is 0 Å². The van der Waals surface area contributed by atoms with Gasteiger partial charge in [0.15, 0.2) is 0 Å². The highest BCUT2D eigenvalue weighted by atomic mass is 16.6. The Morgan fingerprint density at radius 2 is 0.278 bits per heavy atom. The molecular weight excluding hydrogens is 1050 g/mol. The first kappa shape index (κ1) is 77.7. The Bertz CT molecular complexity index is 1090. The first-order chi connectivity index (χ1) is 39.3. The average molecular weight is 1160 g/mol. The summed E-state index contributed by atoms with van der Waals surface area (Å²) >= 11 is 0. The van der Waals surface area contributed by atoms with E-state index in [-0.39, 0.29) is 5.78 Å². The third-order valence-electron chi connectivity index (χ3n) is 9.80. The lowest BCUT2D eigenvalue weighted by Gasteiger charge is -2.09. The molecule has 0 fully saturated rings. The standard InChI is InChI=1S/C54H108O25/c1-3-4-6-56-8-10-58-12-14-60-16-18-62-20-22-64-24-26-66-28-30-68-32-34-70-36-38-72-40-42-74-44-46-76-48-50-78-52-53-79-51-49-77-47-45-75-43-41-73-39-37-71-35-33-69-31-29-67-27-25-65-23-21-63-19-17-61-15-13-59-11-9-57-7-5-54(2)55/h3-53H2,1-2H3. The monoisotopic (exact) mass is 1160 g/mol. The van der Waals surface area contributed by atoms with Crippen LogP contribution in [0.2, 0.25) is 0 Å². The van der Waals surface area contributed by atoms with E-state index in [0.29, 0.717) is 317 Å². The largest absolute Gasteiger partial charge is 0.379 e. The van der Waals surface area contributed by atoms with Crippen LogP contribution in [0.4, 0.5) is 0 Å². The zero-order chi connectivity index (χ0) is 56.6. The van der Waals surface area contributed by atoms with Crippen molar-refractivity contribution in [1.82, 2.24) is 0 Å². The second-order valence-electron chi connectivity index (χ2n) is 16.5. The molecule has 0 radical (unpaired) electrons. The maximum atomic E-state index is 10.8. The van der Waals surface area contributed by atoms with E-state index in [2.05, 4.69) is 6.92 Å². The number of ether oxygens (including phenoxy) is 24. The topological polar surface area (TPSA) is 239 Å². The summed E-state index contributed by atoms with van der Waals surface area (Å²) in [6, 6.07) is 0. The molecule has 0 aliphatic rings. The van der Waals surface area contributed by atoms with Crippen LogP contribution in [0.3, 0.4) is 0 Å². The molecule has 0 atom stereocenters. The van der Waals surface area contributed by atoms with Crippen molar-refractivity contribution in [2.24, 2.45) is 0 Å². The van der Waals surface area contributed by atoms with E-state index >= 15 is 0 Å². The highest BCUT2D eigenvalue weighted by molar-refractivity contribution is 5.75. The Balaban J connectivity index is 3.08. The van der Waals surface area contributed by atoms with Crippen molar-refractivity contribution in [3.8, 4) is 0 Å². The maximum absolute atomic E-state index is 10.8. The zero-order valence-electron chi connectivity index (χ0n) is 48.8. The fraction of sp³-hybridized carbons (Fsp3) is 0.981. The molecule has 0 saturated heterocycles. The van der Waals surface area contributed by atoms with Gasteiger partial charge in [-0.25, -0.2) is 0 Å². The lowest BCUT2D eigenvalue weighted by Crippen LogP contribution is -2.16. The second-order valence-corrected chi connectivity index (χ2v) is 16.5. The third-order valence-corrected chi connectivity index (χ3v) is 9.80. The first-order valence-corrected chi connectivity index (χ1v) is 28.6. The molecule has 0 spiro atoms. The van der Waals surface area contributed by atoms with Gasteiger partial charge in [-0.3, -0.25) is 4.79 Å². The highest BCUT2D eigenvalue weighted by Gasteiger charge is 2.01. The van der Waals surface area contributed by atoms with Crippen LogP contribution in [0, 0.1) is 0 Å². The first-order valence-electron chi connectivity index (χ1n) is 28.6. The van der Waals surface area contributed by atoms with Gasteiger partial charge in [-0.2, -0.15) is 0 Å². The number of carbonyl (C=O) groups is 1. The van der Waals surface area contributed by atoms with Crippen LogP contribution in [0.5, 0.6) is 0 Å². The van der Waals surface area contributed by atoms with Gasteiger partial charge in [-0.1, -0.05) is 13.3 Å². The van der Waals surface area contributed by atoms with Crippen molar-refractivity contribution in [1.29, 1.82) is 0 Å². The molecular formula is C54H108O25. The van der Waals surface area contributed by atoms with Crippen molar-refractivity contribution in [3.63, 3.8) is 0 Å². The Hall–Kier alpha value is -1.29. The van der Waals surface area contributed by atoms with Crippen LogP contribution in [-0.4, -0.2) is 323 Å². The minimum Gasteiger partial charge on any atom is -0.379 e. The number of ketones is 1. The van der Waals surface area contributed by atoms with Crippen LogP contribution in [0.25, 0.3) is 0 Å². The summed E-state index contributed by atoms with van der Waals surface area (Å²) in [5.74, 6) is 0.121. The van der Waals surface area contributed by atoms with Crippen LogP contribution in [-0.2, 0) is 118 Å². The predicted octanol–water partition coefficient (Wildman–Crippen LogP) is 2.16. The van der Waals surface area contributed by atoms with Crippen LogP contribution in [0.15, 0.2) is 0 Å². The number of rotatable bonds is 75. The molecule has 0 heterocycles. The second kappa shape index (κ2) is 74.7. The molecule has 0 aromatic carbocycles. The fourth-order valence-electron chi connectivity index (χ4n) is 5.62. The molecule has 0 bridgehead atoms. The molecule has 0 aromatic heterocycles. The average Bonchev–Trinajstić information content (AvgIpc) is 3.45. The molecule has 79 heavy (non-hydrogen) atoms. The van der Waals surface area contributed by atoms with Crippen molar-refractivity contribution in [3.05, 3.63) is 0 Å². The van der Waals surface area contributed by atoms with Crippen molar-refractivity contribution >= 4 is 5.78 Å². The molecule has 0 aliphatic carbocycles. The van der Waals surface area contributed by atoms with Gasteiger partial charge in [0.1, 0.15) is 5.78 Å². The number of unbranched alkanes of at least 4 members (excludes halogenated alkanes) is 1. The minimum absolute atomic E-state index is 0.121. The van der Waals surface area contributed by atoms with Gasteiger partial charge in [-0.15, -0.1) is 0 Å². The molecule has 474 valence electrons. The highest BCUT2D eigenvalue weighted by Crippen LogP contribution is 1.92. The quantitative estimate of drug-likeness (QED) is 0.0793. The van der Waals surface area contributed by atoms with Gasteiger partial charge in [-0.05, 0) is 13.3 Å². The molecule has 0 N–H and O–H groups in total. The van der Waals surface area contributed by atoms with Crippen LogP contribution in [0.1, 0.15) is 33.1 Å².